The molecule has 0 bridgehead atoms. The molecule has 1 unspecified atom stereocenters. The summed E-state index contributed by atoms with van der Waals surface area (Å²) in [6.45, 7) is 3.17. The Bertz CT molecular complexity index is 666. The van der Waals surface area contributed by atoms with Gasteiger partial charge in [0, 0.05) is 17.6 Å². The van der Waals surface area contributed by atoms with E-state index in [0.717, 1.165) is 50.3 Å². The van der Waals surface area contributed by atoms with E-state index < -0.39 is 0 Å². The molecule has 128 valence electrons. The Morgan fingerprint density at radius 3 is 2.67 bits per heavy atom. The Morgan fingerprint density at radius 1 is 1.17 bits per heavy atom. The quantitative estimate of drug-likeness (QED) is 0.892. The van der Waals surface area contributed by atoms with Gasteiger partial charge in [0.25, 0.3) is 0 Å². The van der Waals surface area contributed by atoms with E-state index in [2.05, 4.69) is 44.8 Å². The van der Waals surface area contributed by atoms with Gasteiger partial charge >= 0.3 is 0 Å². The highest BCUT2D eigenvalue weighted by molar-refractivity contribution is 7.13. The van der Waals surface area contributed by atoms with Gasteiger partial charge in [0.15, 0.2) is 5.13 Å². The van der Waals surface area contributed by atoms with Crippen molar-refractivity contribution in [2.45, 2.75) is 37.8 Å². The van der Waals surface area contributed by atoms with E-state index in [1.807, 2.05) is 0 Å². The molecule has 1 aromatic heterocycles. The maximum Gasteiger partial charge on any atom is 0.180 e. The van der Waals surface area contributed by atoms with Crippen molar-refractivity contribution < 1.29 is 4.74 Å². The van der Waals surface area contributed by atoms with E-state index >= 15 is 0 Å². The Hall–Kier alpha value is -1.79. The van der Waals surface area contributed by atoms with Gasteiger partial charge in [0.05, 0.1) is 11.7 Å². The largest absolute Gasteiger partial charge is 0.490 e. The number of aromatic nitrogens is 1. The topological polar surface area (TPSA) is 63.4 Å². The predicted octanol–water partition coefficient (Wildman–Crippen LogP) is 3.20. The molecule has 0 amide bonds. The third-order valence-corrected chi connectivity index (χ3v) is 5.58. The van der Waals surface area contributed by atoms with E-state index in [0.29, 0.717) is 17.3 Å². The number of nitrogens with zero attached hydrogens (tertiary/aromatic N) is 2. The van der Waals surface area contributed by atoms with Crippen LogP contribution in [0.3, 0.4) is 0 Å². The first-order valence-corrected chi connectivity index (χ1v) is 9.62. The van der Waals surface area contributed by atoms with Crippen LogP contribution in [0.2, 0.25) is 0 Å². The Balaban J connectivity index is 1.45. The van der Waals surface area contributed by atoms with E-state index in [1.165, 1.54) is 23.4 Å². The summed E-state index contributed by atoms with van der Waals surface area (Å²) in [5.41, 5.74) is 8.15. The minimum Gasteiger partial charge on any atom is -0.490 e. The van der Waals surface area contributed by atoms with Crippen LogP contribution in [0.4, 0.5) is 10.8 Å². The summed E-state index contributed by atoms with van der Waals surface area (Å²) >= 11 is 1.53. The van der Waals surface area contributed by atoms with Gasteiger partial charge < -0.3 is 20.7 Å². The van der Waals surface area contributed by atoms with Crippen molar-refractivity contribution in [2.75, 3.05) is 30.3 Å². The van der Waals surface area contributed by atoms with Crippen LogP contribution >= 0.6 is 11.3 Å². The van der Waals surface area contributed by atoms with E-state index in [9.17, 15) is 0 Å². The predicted molar refractivity (Wildman–Crippen MR) is 98.8 cm³/mol. The molecule has 0 spiro atoms. The summed E-state index contributed by atoms with van der Waals surface area (Å²) in [6.07, 6.45) is 4.84. The summed E-state index contributed by atoms with van der Waals surface area (Å²) in [5.74, 6) is 0.972. The Labute approximate surface area is 146 Å². The monoisotopic (exact) mass is 344 g/mol. The lowest BCUT2D eigenvalue weighted by Gasteiger charge is -2.27. The van der Waals surface area contributed by atoms with Crippen LogP contribution in [-0.2, 0) is 0 Å². The molecule has 24 heavy (non-hydrogen) atoms. The lowest BCUT2D eigenvalue weighted by atomic mass is 10.1. The third kappa shape index (κ3) is 3.35. The van der Waals surface area contributed by atoms with Crippen molar-refractivity contribution >= 4 is 22.2 Å². The van der Waals surface area contributed by atoms with Gasteiger partial charge in [-0.3, -0.25) is 0 Å². The van der Waals surface area contributed by atoms with E-state index in [-0.39, 0.29) is 0 Å². The first-order valence-electron chi connectivity index (χ1n) is 8.74. The number of hydrogen-bond donors (Lipinski definition) is 2. The van der Waals surface area contributed by atoms with Gasteiger partial charge in [0.2, 0.25) is 0 Å². The van der Waals surface area contributed by atoms with Crippen molar-refractivity contribution in [2.24, 2.45) is 0 Å². The molecular weight excluding hydrogens is 320 g/mol. The smallest absolute Gasteiger partial charge is 0.180 e. The van der Waals surface area contributed by atoms with Crippen molar-refractivity contribution in [3.63, 3.8) is 0 Å². The molecule has 1 aromatic carbocycles. The summed E-state index contributed by atoms with van der Waals surface area (Å²) in [4.78, 5) is 6.92. The molecule has 0 radical (unpaired) electrons. The fourth-order valence-electron chi connectivity index (χ4n) is 3.66. The molecule has 2 fully saturated rings. The van der Waals surface area contributed by atoms with Crippen molar-refractivity contribution in [1.29, 1.82) is 0 Å². The van der Waals surface area contributed by atoms with Crippen molar-refractivity contribution in [3.05, 3.63) is 35.3 Å². The van der Waals surface area contributed by atoms with Crippen molar-refractivity contribution in [1.82, 2.24) is 10.3 Å². The van der Waals surface area contributed by atoms with Crippen LogP contribution in [0, 0.1) is 0 Å². The zero-order valence-corrected chi connectivity index (χ0v) is 14.6. The van der Waals surface area contributed by atoms with Gasteiger partial charge in [0.1, 0.15) is 11.9 Å². The molecule has 0 aliphatic carbocycles. The molecule has 1 atom stereocenters. The fourth-order valence-corrected chi connectivity index (χ4v) is 4.27. The number of ether oxygens (including phenoxy) is 1. The molecule has 4 rings (SSSR count). The molecule has 2 aliphatic heterocycles. The highest BCUT2D eigenvalue weighted by Crippen LogP contribution is 2.37. The molecule has 2 aromatic rings. The number of thiazole rings is 1. The normalized spacial score (nSPS) is 22.0. The lowest BCUT2D eigenvalue weighted by Crippen LogP contribution is -2.34. The van der Waals surface area contributed by atoms with E-state index in [1.54, 1.807) is 0 Å². The van der Waals surface area contributed by atoms with Crippen LogP contribution in [0.15, 0.2) is 29.6 Å². The molecule has 2 saturated heterocycles. The van der Waals surface area contributed by atoms with Gasteiger partial charge in [-0.25, -0.2) is 4.98 Å². The second-order valence-corrected chi connectivity index (χ2v) is 7.41. The second-order valence-electron chi connectivity index (χ2n) is 6.52. The maximum atomic E-state index is 6.10. The number of nitrogen functional groups attached to an aromatic ring is 1. The number of rotatable bonds is 4. The summed E-state index contributed by atoms with van der Waals surface area (Å²) in [7, 11) is 0. The standard InChI is InChI=1S/C18H24N4OS/c19-18-21-16(12-24-18)17-2-1-11-22(17)13-3-5-14(6-4-13)23-15-7-9-20-10-8-15/h3-6,12,15,17,20H,1-2,7-11H2,(H2,19,21). The Kier molecular flexibility index (Phi) is 4.58. The maximum absolute atomic E-state index is 6.10. The van der Waals surface area contributed by atoms with Crippen LogP contribution in [0.1, 0.15) is 37.4 Å². The molecule has 3 N–H and O–H groups in total. The summed E-state index contributed by atoms with van der Waals surface area (Å²) < 4.78 is 6.10. The molecule has 3 heterocycles. The minimum absolute atomic E-state index is 0.342. The average Bonchev–Trinajstić information content (AvgIpc) is 3.25. The molecular formula is C18H24N4OS. The van der Waals surface area contributed by atoms with Gasteiger partial charge in [-0.1, -0.05) is 0 Å². The van der Waals surface area contributed by atoms with Gasteiger partial charge in [-0.2, -0.15) is 0 Å². The Morgan fingerprint density at radius 2 is 1.96 bits per heavy atom. The van der Waals surface area contributed by atoms with Crippen molar-refractivity contribution in [3.8, 4) is 5.75 Å². The summed E-state index contributed by atoms with van der Waals surface area (Å²) in [6, 6.07) is 8.88. The lowest BCUT2D eigenvalue weighted by molar-refractivity contribution is 0.162. The number of nitrogens with two attached hydrogens (primary N) is 1. The fraction of sp³-hybridized carbons (Fsp3) is 0.500. The van der Waals surface area contributed by atoms with Crippen LogP contribution in [-0.4, -0.2) is 30.7 Å². The highest BCUT2D eigenvalue weighted by atomic mass is 32.1. The molecule has 6 heteroatoms. The average molecular weight is 344 g/mol. The molecule has 0 saturated carbocycles. The number of hydrogen-bond acceptors (Lipinski definition) is 6. The number of nitrogens with one attached hydrogen (secondary N) is 1. The van der Waals surface area contributed by atoms with E-state index in [4.69, 9.17) is 10.5 Å². The number of anilines is 2. The number of benzene rings is 1. The molecule has 5 nitrogen and oxygen atoms in total. The molecule has 2 aliphatic rings. The third-order valence-electron chi connectivity index (χ3n) is 4.89. The zero-order chi connectivity index (χ0) is 16.4. The first-order chi connectivity index (χ1) is 11.8. The van der Waals surface area contributed by atoms with Gasteiger partial charge in [-0.15, -0.1) is 11.3 Å². The van der Waals surface area contributed by atoms with Crippen LogP contribution in [0.5, 0.6) is 5.75 Å². The first kappa shape index (κ1) is 15.7. The second kappa shape index (κ2) is 6.99. The number of piperidine rings is 1. The zero-order valence-electron chi connectivity index (χ0n) is 13.8. The van der Waals surface area contributed by atoms with Crippen LogP contribution in [0.25, 0.3) is 0 Å². The SMILES string of the molecule is Nc1nc(C2CCCN2c2ccc(OC3CCNCC3)cc2)cs1. The van der Waals surface area contributed by atoms with Crippen LogP contribution < -0.4 is 20.7 Å². The van der Waals surface area contributed by atoms with Gasteiger partial charge in [-0.05, 0) is 63.0 Å². The highest BCUT2D eigenvalue weighted by Gasteiger charge is 2.28. The summed E-state index contributed by atoms with van der Waals surface area (Å²) in [5, 5.41) is 6.11. The minimum atomic E-state index is 0.342.